The molecule has 1 rings (SSSR count). The maximum atomic E-state index is 11.9. The zero-order valence-electron chi connectivity index (χ0n) is 11.3. The quantitative estimate of drug-likeness (QED) is 0.294. The van der Waals surface area contributed by atoms with Gasteiger partial charge in [0.05, 0.1) is 11.8 Å². The number of amides is 1. The van der Waals surface area contributed by atoms with Gasteiger partial charge in [0.2, 0.25) is 5.91 Å². The molecule has 0 radical (unpaired) electrons. The first-order chi connectivity index (χ1) is 8.99. The Morgan fingerprint density at radius 1 is 1.74 bits per heavy atom. The molecule has 0 saturated carbocycles. The van der Waals surface area contributed by atoms with E-state index in [0.717, 1.165) is 0 Å². The second-order valence-electron chi connectivity index (χ2n) is 4.33. The number of ether oxygens (including phenoxy) is 1. The van der Waals surface area contributed by atoms with Gasteiger partial charge in [0.1, 0.15) is 5.82 Å². The SMILES string of the molecule is COCC(C)CC(=O)Nc1c(C(N)=NO)cnn1C. The van der Waals surface area contributed by atoms with Crippen LogP contribution in [0.1, 0.15) is 18.9 Å². The topological polar surface area (TPSA) is 115 Å². The molecule has 1 aromatic rings. The number of carbonyl (C=O) groups excluding carboxylic acids is 1. The molecular weight excluding hydrogens is 250 g/mol. The lowest BCUT2D eigenvalue weighted by Crippen LogP contribution is -2.22. The lowest BCUT2D eigenvalue weighted by Gasteiger charge is -2.11. The van der Waals surface area contributed by atoms with Gasteiger partial charge in [0.25, 0.3) is 0 Å². The smallest absolute Gasteiger partial charge is 0.225 e. The summed E-state index contributed by atoms with van der Waals surface area (Å²) in [5, 5.41) is 18.2. The van der Waals surface area contributed by atoms with Gasteiger partial charge in [-0.2, -0.15) is 5.10 Å². The van der Waals surface area contributed by atoms with Crippen LogP contribution in [0.5, 0.6) is 0 Å². The van der Waals surface area contributed by atoms with E-state index in [1.165, 1.54) is 10.9 Å². The third-order valence-electron chi connectivity index (χ3n) is 2.57. The van der Waals surface area contributed by atoms with Gasteiger partial charge >= 0.3 is 0 Å². The summed E-state index contributed by atoms with van der Waals surface area (Å²) in [4.78, 5) is 11.9. The van der Waals surface area contributed by atoms with Crippen LogP contribution >= 0.6 is 0 Å². The van der Waals surface area contributed by atoms with Crippen LogP contribution in [-0.4, -0.2) is 40.4 Å². The van der Waals surface area contributed by atoms with E-state index in [-0.39, 0.29) is 17.7 Å². The summed E-state index contributed by atoms with van der Waals surface area (Å²) in [6.07, 6.45) is 1.73. The number of oxime groups is 1. The molecule has 0 aliphatic carbocycles. The number of nitrogens with one attached hydrogen (secondary N) is 1. The van der Waals surface area contributed by atoms with Crippen molar-refractivity contribution in [2.24, 2.45) is 23.9 Å². The van der Waals surface area contributed by atoms with Crippen LogP contribution in [0.4, 0.5) is 5.82 Å². The predicted octanol–water partition coefficient (Wildman–Crippen LogP) is 0.126. The van der Waals surface area contributed by atoms with Gasteiger partial charge in [-0.1, -0.05) is 12.1 Å². The first-order valence-corrected chi connectivity index (χ1v) is 5.78. The highest BCUT2D eigenvalue weighted by atomic mass is 16.5. The molecule has 106 valence electrons. The monoisotopic (exact) mass is 269 g/mol. The summed E-state index contributed by atoms with van der Waals surface area (Å²) in [5.74, 6) is 0.212. The van der Waals surface area contributed by atoms with Crippen LogP contribution in [-0.2, 0) is 16.6 Å². The predicted molar refractivity (Wildman–Crippen MR) is 70.0 cm³/mol. The Labute approximate surface area is 111 Å². The number of hydrogen-bond acceptors (Lipinski definition) is 5. The van der Waals surface area contributed by atoms with E-state index in [1.807, 2.05) is 6.92 Å². The third kappa shape index (κ3) is 3.95. The number of anilines is 1. The van der Waals surface area contributed by atoms with Crippen molar-refractivity contribution in [2.45, 2.75) is 13.3 Å². The minimum Gasteiger partial charge on any atom is -0.409 e. The third-order valence-corrected chi connectivity index (χ3v) is 2.57. The zero-order chi connectivity index (χ0) is 14.4. The maximum Gasteiger partial charge on any atom is 0.225 e. The molecule has 0 bridgehead atoms. The first-order valence-electron chi connectivity index (χ1n) is 5.78. The molecule has 0 spiro atoms. The minimum atomic E-state index is -0.180. The molecule has 8 heteroatoms. The number of nitrogens with zero attached hydrogens (tertiary/aromatic N) is 3. The highest BCUT2D eigenvalue weighted by Gasteiger charge is 2.16. The second kappa shape index (κ2) is 6.74. The average molecular weight is 269 g/mol. The van der Waals surface area contributed by atoms with Crippen LogP contribution in [0.3, 0.4) is 0 Å². The molecule has 0 aromatic carbocycles. The van der Waals surface area contributed by atoms with Gasteiger partial charge < -0.3 is 21.0 Å². The summed E-state index contributed by atoms with van der Waals surface area (Å²) < 4.78 is 6.42. The van der Waals surface area contributed by atoms with E-state index in [9.17, 15) is 4.79 Å². The van der Waals surface area contributed by atoms with Crippen molar-refractivity contribution in [1.82, 2.24) is 9.78 Å². The molecule has 1 amide bonds. The van der Waals surface area contributed by atoms with Crippen molar-refractivity contribution in [3.05, 3.63) is 11.8 Å². The Morgan fingerprint density at radius 2 is 2.42 bits per heavy atom. The Kier molecular flexibility index (Phi) is 5.31. The fourth-order valence-corrected chi connectivity index (χ4v) is 1.67. The van der Waals surface area contributed by atoms with E-state index in [4.69, 9.17) is 15.7 Å². The van der Waals surface area contributed by atoms with Crippen molar-refractivity contribution in [1.29, 1.82) is 0 Å². The Balaban J connectivity index is 2.77. The summed E-state index contributed by atoms with van der Waals surface area (Å²) in [6.45, 7) is 2.42. The summed E-state index contributed by atoms with van der Waals surface area (Å²) in [7, 11) is 3.24. The first kappa shape index (κ1) is 15.0. The summed E-state index contributed by atoms with van der Waals surface area (Å²) in [6, 6.07) is 0. The number of aryl methyl sites for hydroxylation is 1. The Bertz CT molecular complexity index is 469. The highest BCUT2D eigenvalue weighted by molar-refractivity contribution is 6.04. The van der Waals surface area contributed by atoms with Crippen LogP contribution in [0.2, 0.25) is 0 Å². The fourth-order valence-electron chi connectivity index (χ4n) is 1.67. The van der Waals surface area contributed by atoms with Gasteiger partial charge in [-0.25, -0.2) is 0 Å². The van der Waals surface area contributed by atoms with Gasteiger partial charge in [-0.15, -0.1) is 0 Å². The standard InChI is InChI=1S/C11H19N5O3/c1-7(6-19-3)4-9(17)14-11-8(10(12)15-18)5-13-16(11)2/h5,7,18H,4,6H2,1-3H3,(H2,12,15)(H,14,17). The van der Waals surface area contributed by atoms with Crippen molar-refractivity contribution >= 4 is 17.6 Å². The summed E-state index contributed by atoms with van der Waals surface area (Å²) >= 11 is 0. The van der Waals surface area contributed by atoms with E-state index in [1.54, 1.807) is 14.2 Å². The number of amidine groups is 1. The molecular formula is C11H19N5O3. The van der Waals surface area contributed by atoms with Crippen molar-refractivity contribution in [3.63, 3.8) is 0 Å². The van der Waals surface area contributed by atoms with Crippen LogP contribution < -0.4 is 11.1 Å². The molecule has 0 fully saturated rings. The molecule has 1 aromatic heterocycles. The maximum absolute atomic E-state index is 11.9. The Hall–Kier alpha value is -2.09. The average Bonchev–Trinajstić information content (AvgIpc) is 2.70. The number of hydrogen-bond donors (Lipinski definition) is 3. The molecule has 0 saturated heterocycles. The number of methoxy groups -OCH3 is 1. The minimum absolute atomic E-state index is 0.102. The molecule has 19 heavy (non-hydrogen) atoms. The number of nitrogens with two attached hydrogens (primary N) is 1. The molecule has 1 heterocycles. The second-order valence-corrected chi connectivity index (χ2v) is 4.33. The van der Waals surface area contributed by atoms with Gasteiger partial charge in [-0.3, -0.25) is 9.48 Å². The van der Waals surface area contributed by atoms with E-state index in [0.29, 0.717) is 24.4 Å². The molecule has 0 aliphatic rings. The van der Waals surface area contributed by atoms with Crippen LogP contribution in [0.25, 0.3) is 0 Å². The zero-order valence-corrected chi connectivity index (χ0v) is 11.3. The number of aromatic nitrogens is 2. The summed E-state index contributed by atoms with van der Waals surface area (Å²) in [5.41, 5.74) is 5.88. The van der Waals surface area contributed by atoms with Gasteiger partial charge in [0.15, 0.2) is 5.84 Å². The van der Waals surface area contributed by atoms with Crippen LogP contribution in [0, 0.1) is 5.92 Å². The van der Waals surface area contributed by atoms with Crippen molar-refractivity contribution in [2.75, 3.05) is 19.0 Å². The van der Waals surface area contributed by atoms with Crippen molar-refractivity contribution in [3.8, 4) is 0 Å². The van der Waals surface area contributed by atoms with Crippen LogP contribution in [0.15, 0.2) is 11.4 Å². The molecule has 1 atom stereocenters. The number of rotatable bonds is 6. The molecule has 4 N–H and O–H groups in total. The van der Waals surface area contributed by atoms with Crippen molar-refractivity contribution < 1.29 is 14.7 Å². The highest BCUT2D eigenvalue weighted by Crippen LogP contribution is 2.15. The van der Waals surface area contributed by atoms with Gasteiger partial charge in [-0.05, 0) is 5.92 Å². The van der Waals surface area contributed by atoms with Gasteiger partial charge in [0, 0.05) is 27.2 Å². The molecule has 1 unspecified atom stereocenters. The largest absolute Gasteiger partial charge is 0.409 e. The van der Waals surface area contributed by atoms with E-state index >= 15 is 0 Å². The number of carbonyl (C=O) groups is 1. The lowest BCUT2D eigenvalue weighted by molar-refractivity contribution is -0.117. The Morgan fingerprint density at radius 3 is 3.00 bits per heavy atom. The lowest BCUT2D eigenvalue weighted by atomic mass is 10.1. The van der Waals surface area contributed by atoms with E-state index < -0.39 is 0 Å². The fraction of sp³-hybridized carbons (Fsp3) is 0.545. The normalized spacial score (nSPS) is 13.3. The van der Waals surface area contributed by atoms with E-state index in [2.05, 4.69) is 15.6 Å². The molecule has 8 nitrogen and oxygen atoms in total. The molecule has 0 aliphatic heterocycles.